The maximum Gasteiger partial charge on any atom is 0.332 e. The van der Waals surface area contributed by atoms with Crippen LogP contribution in [0, 0.1) is 6.92 Å². The third kappa shape index (κ3) is 4.01. The van der Waals surface area contributed by atoms with Crippen LogP contribution in [0.4, 0.5) is 4.39 Å². The standard InChI is InChI=1S/C17H28FN3O8/c1-3-4-5-6-7-12(18)21(28)16(26)13(23)11(9-22)29-17(16,27)20-8-10(2)14(24)19-15(20)25/h8,11-13,22-23,26-28H,3-7,9H2,1-2H3,(H,19,24,25)/t11-,12?,13-,16-,17+/m1/s1. The van der Waals surface area contributed by atoms with Gasteiger partial charge in [0.1, 0.15) is 12.2 Å². The summed E-state index contributed by atoms with van der Waals surface area (Å²) in [6, 6.07) is 0. The number of unbranched alkanes of at least 4 members (excludes halogenated alkanes) is 3. The van der Waals surface area contributed by atoms with Crippen molar-refractivity contribution in [3.8, 4) is 0 Å². The number of aliphatic hydroxyl groups is 4. The molecule has 6 N–H and O–H groups in total. The van der Waals surface area contributed by atoms with Crippen LogP contribution < -0.4 is 11.2 Å². The number of halogens is 1. The molecule has 1 aromatic rings. The molecule has 12 heteroatoms. The molecule has 1 unspecified atom stereocenters. The highest BCUT2D eigenvalue weighted by Gasteiger charge is 2.71. The second-order valence-corrected chi connectivity index (χ2v) is 7.19. The second-order valence-electron chi connectivity index (χ2n) is 7.19. The summed E-state index contributed by atoms with van der Waals surface area (Å²) in [7, 11) is 0. The highest BCUT2D eigenvalue weighted by Crippen LogP contribution is 2.44. The number of aromatic nitrogens is 2. The lowest BCUT2D eigenvalue weighted by molar-refractivity contribution is -0.428. The maximum absolute atomic E-state index is 14.7. The highest BCUT2D eigenvalue weighted by molar-refractivity contribution is 5.09. The van der Waals surface area contributed by atoms with Crippen molar-refractivity contribution in [1.82, 2.24) is 14.6 Å². The lowest BCUT2D eigenvalue weighted by Crippen LogP contribution is -2.69. The largest absolute Gasteiger partial charge is 0.394 e. The summed E-state index contributed by atoms with van der Waals surface area (Å²) in [5, 5.41) is 51.9. The Bertz CT molecular complexity index is 817. The third-order valence-corrected chi connectivity index (χ3v) is 5.10. The van der Waals surface area contributed by atoms with Crippen molar-refractivity contribution in [3.05, 3.63) is 32.6 Å². The number of aryl methyl sites for hydroxylation is 1. The number of rotatable bonds is 9. The molecule has 1 aliphatic rings. The molecule has 2 rings (SSSR count). The molecule has 1 saturated heterocycles. The van der Waals surface area contributed by atoms with Crippen LogP contribution in [0.2, 0.25) is 0 Å². The van der Waals surface area contributed by atoms with Crippen molar-refractivity contribution < 1.29 is 34.8 Å². The predicted molar refractivity (Wildman–Crippen MR) is 96.4 cm³/mol. The van der Waals surface area contributed by atoms with E-state index in [-0.39, 0.29) is 17.0 Å². The smallest absolute Gasteiger partial charge is 0.332 e. The average molecular weight is 421 g/mol. The molecule has 0 saturated carbocycles. The van der Waals surface area contributed by atoms with Crippen LogP contribution in [0.15, 0.2) is 15.8 Å². The van der Waals surface area contributed by atoms with Gasteiger partial charge in [0.15, 0.2) is 6.30 Å². The van der Waals surface area contributed by atoms with Crippen molar-refractivity contribution >= 4 is 0 Å². The number of nitrogens with one attached hydrogen (secondary N) is 1. The van der Waals surface area contributed by atoms with Gasteiger partial charge in [-0.3, -0.25) is 9.78 Å². The molecular weight excluding hydrogens is 393 g/mol. The first-order chi connectivity index (χ1) is 13.5. The zero-order chi connectivity index (χ0) is 22.0. The van der Waals surface area contributed by atoms with Gasteiger partial charge in [0.25, 0.3) is 5.56 Å². The van der Waals surface area contributed by atoms with Crippen molar-refractivity contribution in [2.75, 3.05) is 6.61 Å². The Kier molecular flexibility index (Phi) is 7.32. The molecule has 5 atom stereocenters. The van der Waals surface area contributed by atoms with Crippen LogP contribution >= 0.6 is 0 Å². The Morgan fingerprint density at radius 2 is 2.00 bits per heavy atom. The van der Waals surface area contributed by atoms with E-state index in [1.807, 2.05) is 11.9 Å². The van der Waals surface area contributed by atoms with E-state index in [9.17, 15) is 39.6 Å². The molecule has 0 radical (unpaired) electrons. The number of aromatic amines is 1. The van der Waals surface area contributed by atoms with Gasteiger partial charge in [-0.25, -0.2) is 13.8 Å². The van der Waals surface area contributed by atoms with Gasteiger partial charge >= 0.3 is 11.6 Å². The van der Waals surface area contributed by atoms with Gasteiger partial charge in [-0.2, -0.15) is 0 Å². The quantitative estimate of drug-likeness (QED) is 0.125. The Labute approximate surface area is 165 Å². The van der Waals surface area contributed by atoms with Crippen molar-refractivity contribution in [3.63, 3.8) is 0 Å². The number of alkyl halides is 1. The number of hydrogen-bond donors (Lipinski definition) is 6. The normalized spacial score (nSPS) is 30.8. The third-order valence-electron chi connectivity index (χ3n) is 5.10. The number of hydroxylamine groups is 2. The summed E-state index contributed by atoms with van der Waals surface area (Å²) in [6.45, 7) is 2.32. The van der Waals surface area contributed by atoms with E-state index in [1.165, 1.54) is 6.92 Å². The first kappa shape index (κ1) is 23.6. The number of ether oxygens (including phenoxy) is 1. The van der Waals surface area contributed by atoms with Gasteiger partial charge in [-0.15, -0.1) is 5.06 Å². The molecule has 0 spiro atoms. The van der Waals surface area contributed by atoms with E-state index in [0.29, 0.717) is 17.4 Å². The Balaban J connectivity index is 2.48. The summed E-state index contributed by atoms with van der Waals surface area (Å²) < 4.78 is 20.1. The molecule has 0 bridgehead atoms. The minimum atomic E-state index is -3.28. The molecular formula is C17H28FN3O8. The fraction of sp³-hybridized carbons (Fsp3) is 0.765. The predicted octanol–water partition coefficient (Wildman–Crippen LogP) is -1.15. The Hall–Kier alpha value is -1.67. The zero-order valence-corrected chi connectivity index (χ0v) is 16.3. The molecule has 166 valence electrons. The van der Waals surface area contributed by atoms with E-state index >= 15 is 0 Å². The summed E-state index contributed by atoms with van der Waals surface area (Å²) in [6.07, 6.45) is -2.82. The number of H-pyrrole nitrogens is 1. The monoisotopic (exact) mass is 421 g/mol. The van der Waals surface area contributed by atoms with Gasteiger partial charge < -0.3 is 30.4 Å². The molecule has 29 heavy (non-hydrogen) atoms. The topological polar surface area (TPSA) is 168 Å². The molecule has 0 amide bonds. The SMILES string of the molecule is CCCCCCC(F)N(O)[C@@]1(O)[C@H](O)[C@@H](CO)O[C@]1(O)n1cc(C)c(=O)[nH]c1=O. The summed E-state index contributed by atoms with van der Waals surface area (Å²) in [5.74, 6) is -3.23. The van der Waals surface area contributed by atoms with E-state index in [2.05, 4.69) is 0 Å². The number of nitrogens with zero attached hydrogens (tertiary/aromatic N) is 2. The number of aliphatic hydroxyl groups excluding tert-OH is 2. The molecule has 0 aromatic carbocycles. The van der Waals surface area contributed by atoms with Gasteiger partial charge in [0.2, 0.25) is 5.72 Å². The molecule has 11 nitrogen and oxygen atoms in total. The van der Waals surface area contributed by atoms with Crippen LogP contribution in [0.5, 0.6) is 0 Å². The fourth-order valence-corrected chi connectivity index (χ4v) is 3.34. The zero-order valence-electron chi connectivity index (χ0n) is 16.3. The molecule has 1 aliphatic heterocycles. The van der Waals surface area contributed by atoms with Gasteiger partial charge in [0, 0.05) is 11.8 Å². The highest BCUT2D eigenvalue weighted by atomic mass is 19.1. The summed E-state index contributed by atoms with van der Waals surface area (Å²) >= 11 is 0. The van der Waals surface area contributed by atoms with Gasteiger partial charge in [-0.1, -0.05) is 26.2 Å². The van der Waals surface area contributed by atoms with Crippen LogP contribution in [0.25, 0.3) is 0 Å². The average Bonchev–Trinajstić information content (AvgIpc) is 2.89. The fourth-order valence-electron chi connectivity index (χ4n) is 3.34. The molecule has 0 aliphatic carbocycles. The minimum Gasteiger partial charge on any atom is -0.394 e. The van der Waals surface area contributed by atoms with Crippen LogP contribution in [-0.4, -0.2) is 71.1 Å². The van der Waals surface area contributed by atoms with Crippen molar-refractivity contribution in [2.45, 2.75) is 76.1 Å². The molecule has 2 heterocycles. The maximum atomic E-state index is 14.7. The van der Waals surface area contributed by atoms with E-state index < -0.39 is 48.0 Å². The summed E-state index contributed by atoms with van der Waals surface area (Å²) in [4.78, 5) is 25.7. The van der Waals surface area contributed by atoms with Crippen LogP contribution in [-0.2, 0) is 10.6 Å². The lowest BCUT2D eigenvalue weighted by atomic mass is 10.00. The van der Waals surface area contributed by atoms with Gasteiger partial charge in [0.05, 0.1) is 6.61 Å². The first-order valence-corrected chi connectivity index (χ1v) is 9.41. The van der Waals surface area contributed by atoms with Crippen LogP contribution in [0.1, 0.15) is 44.6 Å². The van der Waals surface area contributed by atoms with Gasteiger partial charge in [-0.05, 0) is 19.8 Å². The number of hydrogen-bond acceptors (Lipinski definition) is 9. The van der Waals surface area contributed by atoms with Crippen molar-refractivity contribution in [2.24, 2.45) is 0 Å². The Morgan fingerprint density at radius 3 is 2.59 bits per heavy atom. The molecule has 1 fully saturated rings. The Morgan fingerprint density at radius 1 is 1.34 bits per heavy atom. The van der Waals surface area contributed by atoms with E-state index in [1.54, 1.807) is 0 Å². The van der Waals surface area contributed by atoms with Crippen molar-refractivity contribution in [1.29, 1.82) is 0 Å². The second kappa shape index (κ2) is 9.00. The van der Waals surface area contributed by atoms with E-state index in [0.717, 1.165) is 19.0 Å². The molecule has 1 aromatic heterocycles. The minimum absolute atomic E-state index is 0.0771. The first-order valence-electron chi connectivity index (χ1n) is 9.41. The summed E-state index contributed by atoms with van der Waals surface area (Å²) in [5.41, 5.74) is -5.39. The lowest BCUT2D eigenvalue weighted by Gasteiger charge is -2.43. The van der Waals surface area contributed by atoms with Crippen LogP contribution in [0.3, 0.4) is 0 Å². The van der Waals surface area contributed by atoms with E-state index in [4.69, 9.17) is 4.74 Å².